The minimum absolute atomic E-state index is 0. The number of carbonyl (C=O) groups excluding carboxylic acids is 3. The highest BCUT2D eigenvalue weighted by molar-refractivity contribution is 5.98. The second-order valence-electron chi connectivity index (χ2n) is 11.3. The monoisotopic (exact) mass is 485 g/mol. The molecule has 2 aliphatic carbocycles. The van der Waals surface area contributed by atoms with Crippen LogP contribution in [0.5, 0.6) is 0 Å². The molecule has 3 fully saturated rings. The van der Waals surface area contributed by atoms with Crippen molar-refractivity contribution in [3.8, 4) is 0 Å². The van der Waals surface area contributed by atoms with Gasteiger partial charge >= 0.3 is 0 Å². The van der Waals surface area contributed by atoms with Crippen LogP contribution < -0.4 is 10.6 Å². The van der Waals surface area contributed by atoms with Crippen molar-refractivity contribution in [3.05, 3.63) is 35.4 Å². The fourth-order valence-corrected chi connectivity index (χ4v) is 5.70. The number of hydrogen-bond acceptors (Lipinski definition) is 4. The zero-order valence-electron chi connectivity index (χ0n) is 21.6. The molecule has 6 nitrogen and oxygen atoms in total. The van der Waals surface area contributed by atoms with Crippen LogP contribution in [-0.4, -0.2) is 54.7 Å². The van der Waals surface area contributed by atoms with Gasteiger partial charge in [0.1, 0.15) is 0 Å². The molecule has 2 saturated carbocycles. The van der Waals surface area contributed by atoms with E-state index in [9.17, 15) is 14.4 Å². The molecule has 196 valence electrons. The van der Waals surface area contributed by atoms with E-state index in [4.69, 9.17) is 0 Å². The SMILES string of the molecule is CC(C)C(=O)[C@H](NC(=O)c1cccc(C2CCCN(C(=O)CNCC3CC3)C2)c1)C1CCCCC1.[HH].[HH]. The molecule has 2 amide bonds. The molecule has 0 aromatic heterocycles. The first-order valence-electron chi connectivity index (χ1n) is 13.9. The van der Waals surface area contributed by atoms with Gasteiger partial charge in [-0.2, -0.15) is 0 Å². The Kier molecular flexibility index (Phi) is 8.99. The molecule has 35 heavy (non-hydrogen) atoms. The summed E-state index contributed by atoms with van der Waals surface area (Å²) in [6.07, 6.45) is 10.0. The number of carbonyl (C=O) groups is 3. The van der Waals surface area contributed by atoms with Crippen LogP contribution in [0.1, 0.15) is 96.3 Å². The summed E-state index contributed by atoms with van der Waals surface area (Å²) in [4.78, 5) is 40.9. The quantitative estimate of drug-likeness (QED) is 0.500. The van der Waals surface area contributed by atoms with Crippen molar-refractivity contribution in [2.24, 2.45) is 17.8 Å². The van der Waals surface area contributed by atoms with Gasteiger partial charge in [-0.3, -0.25) is 14.4 Å². The van der Waals surface area contributed by atoms with Crippen molar-refractivity contribution < 1.29 is 17.2 Å². The van der Waals surface area contributed by atoms with Gasteiger partial charge in [-0.15, -0.1) is 0 Å². The molecule has 1 aromatic carbocycles. The first kappa shape index (κ1) is 25.9. The van der Waals surface area contributed by atoms with E-state index in [1.807, 2.05) is 36.9 Å². The smallest absolute Gasteiger partial charge is 0.251 e. The van der Waals surface area contributed by atoms with Crippen LogP contribution in [0.4, 0.5) is 0 Å². The van der Waals surface area contributed by atoms with Crippen molar-refractivity contribution in [1.29, 1.82) is 0 Å². The number of nitrogens with zero attached hydrogens (tertiary/aromatic N) is 1. The summed E-state index contributed by atoms with van der Waals surface area (Å²) in [6.45, 7) is 6.71. The Morgan fingerprint density at radius 1 is 1.03 bits per heavy atom. The second-order valence-corrected chi connectivity index (χ2v) is 11.3. The number of hydrogen-bond donors (Lipinski definition) is 2. The number of Topliss-reactive ketones (excluding diaryl/α,β-unsaturated/α-hetero) is 1. The van der Waals surface area contributed by atoms with Gasteiger partial charge in [0.15, 0.2) is 5.78 Å². The number of ketones is 1. The van der Waals surface area contributed by atoms with Gasteiger partial charge in [-0.1, -0.05) is 45.2 Å². The zero-order chi connectivity index (χ0) is 24.8. The van der Waals surface area contributed by atoms with Crippen LogP contribution in [-0.2, 0) is 9.59 Å². The summed E-state index contributed by atoms with van der Waals surface area (Å²) in [5.74, 6) is 1.28. The fourth-order valence-electron chi connectivity index (χ4n) is 5.70. The van der Waals surface area contributed by atoms with E-state index >= 15 is 0 Å². The van der Waals surface area contributed by atoms with Gasteiger partial charge in [0.2, 0.25) is 5.91 Å². The van der Waals surface area contributed by atoms with E-state index < -0.39 is 6.04 Å². The highest BCUT2D eigenvalue weighted by atomic mass is 16.2. The highest BCUT2D eigenvalue weighted by Gasteiger charge is 2.32. The molecular formula is C29H47N3O3. The molecule has 3 aliphatic rings. The Labute approximate surface area is 213 Å². The predicted octanol–water partition coefficient (Wildman–Crippen LogP) is 4.79. The molecule has 0 radical (unpaired) electrons. The summed E-state index contributed by atoms with van der Waals surface area (Å²) in [5.41, 5.74) is 1.71. The Morgan fingerprint density at radius 3 is 2.51 bits per heavy atom. The molecule has 1 unspecified atom stereocenters. The first-order chi connectivity index (χ1) is 16.9. The van der Waals surface area contributed by atoms with Gasteiger partial charge in [-0.05, 0) is 74.6 Å². The second kappa shape index (κ2) is 12.2. The largest absolute Gasteiger partial charge is 0.342 e. The number of nitrogens with one attached hydrogen (secondary N) is 2. The summed E-state index contributed by atoms with van der Waals surface area (Å²) < 4.78 is 0. The Morgan fingerprint density at radius 2 is 1.80 bits per heavy atom. The predicted molar refractivity (Wildman–Crippen MR) is 142 cm³/mol. The van der Waals surface area contributed by atoms with Crippen molar-refractivity contribution in [3.63, 3.8) is 0 Å². The van der Waals surface area contributed by atoms with Gasteiger partial charge < -0.3 is 15.5 Å². The normalized spacial score (nSPS) is 22.1. The minimum Gasteiger partial charge on any atom is -0.342 e. The third-order valence-electron chi connectivity index (χ3n) is 8.08. The lowest BCUT2D eigenvalue weighted by molar-refractivity contribution is -0.131. The summed E-state index contributed by atoms with van der Waals surface area (Å²) in [6, 6.07) is 7.40. The van der Waals surface area contributed by atoms with E-state index in [1.165, 1.54) is 19.3 Å². The average Bonchev–Trinajstić information content (AvgIpc) is 3.72. The zero-order valence-corrected chi connectivity index (χ0v) is 21.6. The third kappa shape index (κ3) is 7.16. The van der Waals surface area contributed by atoms with Crippen LogP contribution in [0.15, 0.2) is 24.3 Å². The molecule has 2 atom stereocenters. The lowest BCUT2D eigenvalue weighted by atomic mass is 9.80. The Balaban J connectivity index is 0.00000241. The number of benzene rings is 1. The molecule has 1 aromatic rings. The van der Waals surface area contributed by atoms with E-state index in [-0.39, 0.29) is 38.2 Å². The minimum atomic E-state index is -0.405. The molecule has 1 heterocycles. The van der Waals surface area contributed by atoms with Crippen molar-refractivity contribution in [1.82, 2.24) is 15.5 Å². The molecule has 1 saturated heterocycles. The van der Waals surface area contributed by atoms with E-state index in [0.29, 0.717) is 18.7 Å². The number of piperidine rings is 1. The summed E-state index contributed by atoms with van der Waals surface area (Å²) >= 11 is 0. The topological polar surface area (TPSA) is 78.5 Å². The lowest BCUT2D eigenvalue weighted by Crippen LogP contribution is -2.48. The number of likely N-dealkylation sites (tertiary alicyclic amines) is 1. The van der Waals surface area contributed by atoms with Crippen molar-refractivity contribution >= 4 is 17.6 Å². The molecule has 1 aliphatic heterocycles. The Bertz CT molecular complexity index is 900. The molecule has 4 rings (SSSR count). The summed E-state index contributed by atoms with van der Waals surface area (Å²) in [5, 5.41) is 6.43. The fraction of sp³-hybridized carbons (Fsp3) is 0.690. The van der Waals surface area contributed by atoms with Crippen LogP contribution in [0.2, 0.25) is 0 Å². The highest BCUT2D eigenvalue weighted by Crippen LogP contribution is 2.30. The molecule has 0 bridgehead atoms. The summed E-state index contributed by atoms with van der Waals surface area (Å²) in [7, 11) is 0. The number of rotatable bonds is 10. The average molecular weight is 486 g/mol. The van der Waals surface area contributed by atoms with Crippen LogP contribution >= 0.6 is 0 Å². The van der Waals surface area contributed by atoms with Crippen molar-refractivity contribution in [2.75, 3.05) is 26.2 Å². The van der Waals surface area contributed by atoms with Crippen LogP contribution in [0, 0.1) is 17.8 Å². The molecule has 6 heteroatoms. The van der Waals surface area contributed by atoms with Gasteiger partial charge in [-0.25, -0.2) is 0 Å². The maximum atomic E-state index is 13.3. The van der Waals surface area contributed by atoms with Gasteiger partial charge in [0.25, 0.3) is 5.91 Å². The third-order valence-corrected chi connectivity index (χ3v) is 8.08. The first-order valence-corrected chi connectivity index (χ1v) is 13.9. The maximum Gasteiger partial charge on any atom is 0.251 e. The van der Waals surface area contributed by atoms with Gasteiger partial charge in [0.05, 0.1) is 12.6 Å². The van der Waals surface area contributed by atoms with E-state index in [0.717, 1.165) is 63.1 Å². The molecule has 2 N–H and O–H groups in total. The standard InChI is InChI=1S/C29H43N3O3.2H2/c1-20(2)28(34)27(22-8-4-3-5-9-22)31-29(35)24-11-6-10-23(16-24)25-12-7-15-32(19-25)26(33)18-30-17-21-13-14-21;;/h6,10-11,16,20-22,25,27,30H,3-5,7-9,12-15,17-19H2,1-2H3,(H,31,35);2*1H/t25?,27-;;/m1../s1. The molecular weight excluding hydrogens is 438 g/mol. The number of amides is 2. The van der Waals surface area contributed by atoms with Crippen LogP contribution in [0.3, 0.4) is 0 Å². The molecule has 0 spiro atoms. The van der Waals surface area contributed by atoms with E-state index in [1.54, 1.807) is 0 Å². The van der Waals surface area contributed by atoms with Crippen molar-refractivity contribution in [2.45, 2.75) is 83.6 Å². The Hall–Kier alpha value is -2.21. The van der Waals surface area contributed by atoms with E-state index in [2.05, 4.69) is 16.7 Å². The van der Waals surface area contributed by atoms with Gasteiger partial charge in [0, 0.05) is 33.3 Å². The maximum absolute atomic E-state index is 13.3. The lowest BCUT2D eigenvalue weighted by Gasteiger charge is -2.33. The van der Waals surface area contributed by atoms with Crippen LogP contribution in [0.25, 0.3) is 0 Å².